The quantitative estimate of drug-likeness (QED) is 0.186. The molecule has 1 aromatic rings. The van der Waals surface area contributed by atoms with Crippen molar-refractivity contribution in [1.82, 2.24) is 0 Å². The molecule has 1 atom stereocenters. The lowest BCUT2D eigenvalue weighted by Gasteiger charge is -2.11. The van der Waals surface area contributed by atoms with E-state index in [-0.39, 0.29) is 6.61 Å². The number of rotatable bonds is 11. The highest BCUT2D eigenvalue weighted by Crippen LogP contribution is 2.57. The highest BCUT2D eigenvalue weighted by atomic mass is 127. The lowest BCUT2D eigenvalue weighted by Crippen LogP contribution is -2.02. The van der Waals surface area contributed by atoms with Gasteiger partial charge in [0.25, 0.3) is 0 Å². The van der Waals surface area contributed by atoms with Gasteiger partial charge in [-0.25, -0.2) is 9.13 Å². The molecule has 11 heteroatoms. The molecule has 1 aromatic carbocycles. The van der Waals surface area contributed by atoms with E-state index in [1.807, 2.05) is 38.1 Å². The monoisotopic (exact) mass is 531 g/mol. The summed E-state index contributed by atoms with van der Waals surface area (Å²) in [6.07, 6.45) is 5.18. The Morgan fingerprint density at radius 1 is 1.11 bits per heavy atom. The van der Waals surface area contributed by atoms with Crippen LogP contribution in [0.2, 0.25) is 0 Å². The van der Waals surface area contributed by atoms with Crippen molar-refractivity contribution in [2.24, 2.45) is 0 Å². The zero-order valence-electron chi connectivity index (χ0n) is 15.0. The Bertz CT molecular complexity index is 759. The Morgan fingerprint density at radius 3 is 2.33 bits per heavy atom. The predicted octanol–water partition coefficient (Wildman–Crippen LogP) is 4.60. The topological polar surface area (TPSA) is 125 Å². The summed E-state index contributed by atoms with van der Waals surface area (Å²) < 4.78 is 31.2. The van der Waals surface area contributed by atoms with E-state index in [0.717, 1.165) is 30.6 Å². The number of nitrogens with one attached hydrogen (secondary N) is 1. The van der Waals surface area contributed by atoms with Gasteiger partial charge in [-0.3, -0.25) is 4.52 Å². The maximum atomic E-state index is 11.3. The molecule has 8 nitrogen and oxygen atoms in total. The zero-order valence-corrected chi connectivity index (χ0v) is 19.0. The molecule has 0 fully saturated rings. The van der Waals surface area contributed by atoms with Crippen LogP contribution in [0.25, 0.3) is 0 Å². The first-order valence-electron chi connectivity index (χ1n) is 8.02. The summed E-state index contributed by atoms with van der Waals surface area (Å²) in [6, 6.07) is 8.12. The summed E-state index contributed by atoms with van der Waals surface area (Å²) >= 11 is 2.26. The Kier molecular flexibility index (Phi) is 10.4. The minimum atomic E-state index is -5.08. The van der Waals surface area contributed by atoms with Gasteiger partial charge in [0.1, 0.15) is 0 Å². The van der Waals surface area contributed by atoms with Crippen molar-refractivity contribution in [2.45, 2.75) is 26.7 Å². The third-order valence-corrected chi connectivity index (χ3v) is 6.20. The van der Waals surface area contributed by atoms with Gasteiger partial charge in [-0.05, 0) is 73.5 Å². The smallest absolute Gasteiger partial charge is 0.381 e. The number of phosphoric ester groups is 1. The number of phosphoric acid groups is 2. The summed E-state index contributed by atoms with van der Waals surface area (Å²) in [7, 11) is -9.87. The molecule has 0 radical (unpaired) electrons. The van der Waals surface area contributed by atoms with Gasteiger partial charge in [0, 0.05) is 15.8 Å². The lowest BCUT2D eigenvalue weighted by molar-refractivity contribution is 0.191. The molecular weight excluding hydrogens is 507 g/mol. The number of benzene rings is 1. The molecule has 1 rings (SSSR count). The van der Waals surface area contributed by atoms with Gasteiger partial charge in [0.15, 0.2) is 0 Å². The van der Waals surface area contributed by atoms with Crippen LogP contribution in [0.5, 0.6) is 0 Å². The van der Waals surface area contributed by atoms with Crippen LogP contribution in [0, 0.1) is 3.57 Å². The SMILES string of the molecule is C/C(=C\COP(=O)(O)OP(=O)(O)O)CC/C=C(\C)CNc1ccc(I)cc1. The molecule has 0 saturated heterocycles. The second-order valence-corrected chi connectivity index (χ2v) is 9.91. The van der Waals surface area contributed by atoms with Crippen LogP contribution >= 0.6 is 38.2 Å². The van der Waals surface area contributed by atoms with Crippen molar-refractivity contribution in [3.63, 3.8) is 0 Å². The summed E-state index contributed by atoms with van der Waals surface area (Å²) in [5, 5.41) is 3.34. The van der Waals surface area contributed by atoms with Crippen LogP contribution in [-0.2, 0) is 18.0 Å². The summed E-state index contributed by atoms with van der Waals surface area (Å²) in [4.78, 5) is 26.2. The summed E-state index contributed by atoms with van der Waals surface area (Å²) in [5.74, 6) is 0. The van der Waals surface area contributed by atoms with Crippen molar-refractivity contribution in [2.75, 3.05) is 18.5 Å². The molecule has 0 amide bonds. The highest BCUT2D eigenvalue weighted by Gasteiger charge is 2.31. The fourth-order valence-corrected chi connectivity index (χ4v) is 3.85. The van der Waals surface area contributed by atoms with E-state index in [2.05, 4.69) is 42.8 Å². The van der Waals surface area contributed by atoms with Crippen molar-refractivity contribution >= 4 is 43.9 Å². The van der Waals surface area contributed by atoms with Crippen molar-refractivity contribution in [3.8, 4) is 0 Å². The molecule has 0 heterocycles. The Labute approximate surface area is 172 Å². The predicted molar refractivity (Wildman–Crippen MR) is 113 cm³/mol. The van der Waals surface area contributed by atoms with E-state index in [1.54, 1.807) is 6.08 Å². The normalized spacial score (nSPS) is 15.5. The van der Waals surface area contributed by atoms with Crippen molar-refractivity contribution in [3.05, 3.63) is 51.1 Å². The van der Waals surface area contributed by atoms with Gasteiger partial charge in [-0.2, -0.15) is 4.31 Å². The number of halogens is 1. The van der Waals surface area contributed by atoms with Gasteiger partial charge in [-0.15, -0.1) is 0 Å². The van der Waals surface area contributed by atoms with Crippen LogP contribution in [0.1, 0.15) is 26.7 Å². The second kappa shape index (κ2) is 11.5. The third kappa shape index (κ3) is 12.5. The van der Waals surface area contributed by atoms with E-state index in [9.17, 15) is 9.13 Å². The molecular formula is C16H24INO7P2. The van der Waals surface area contributed by atoms with E-state index in [4.69, 9.17) is 14.7 Å². The second-order valence-electron chi connectivity index (χ2n) is 5.84. The largest absolute Gasteiger partial charge is 0.481 e. The van der Waals surface area contributed by atoms with Gasteiger partial charge < -0.3 is 20.0 Å². The summed E-state index contributed by atoms with van der Waals surface area (Å²) in [6.45, 7) is 4.32. The number of hydrogen-bond donors (Lipinski definition) is 4. The molecule has 0 aliphatic rings. The first kappa shape index (κ1) is 24.5. The molecule has 0 bridgehead atoms. The molecule has 0 saturated carbocycles. The Morgan fingerprint density at radius 2 is 1.74 bits per heavy atom. The maximum absolute atomic E-state index is 11.3. The zero-order chi connectivity index (χ0) is 20.5. The van der Waals surface area contributed by atoms with Crippen LogP contribution in [0.4, 0.5) is 5.69 Å². The molecule has 0 aromatic heterocycles. The van der Waals surface area contributed by atoms with Crippen molar-refractivity contribution in [1.29, 1.82) is 0 Å². The molecule has 0 aliphatic heterocycles. The molecule has 152 valence electrons. The molecule has 0 aliphatic carbocycles. The van der Waals surface area contributed by atoms with Crippen LogP contribution in [-0.4, -0.2) is 27.8 Å². The lowest BCUT2D eigenvalue weighted by atomic mass is 10.1. The average molecular weight is 531 g/mol. The summed E-state index contributed by atoms with van der Waals surface area (Å²) in [5.41, 5.74) is 3.16. The first-order chi connectivity index (χ1) is 12.5. The Balaban J connectivity index is 2.33. The van der Waals surface area contributed by atoms with Crippen LogP contribution < -0.4 is 5.32 Å². The van der Waals surface area contributed by atoms with Gasteiger partial charge in [0.05, 0.1) is 6.61 Å². The van der Waals surface area contributed by atoms with Gasteiger partial charge in [0.2, 0.25) is 0 Å². The minimum Gasteiger partial charge on any atom is -0.381 e. The van der Waals surface area contributed by atoms with Gasteiger partial charge in [-0.1, -0.05) is 23.3 Å². The fraction of sp³-hybridized carbons (Fsp3) is 0.375. The third-order valence-electron chi connectivity index (χ3n) is 3.33. The molecule has 27 heavy (non-hydrogen) atoms. The first-order valence-corrected chi connectivity index (χ1v) is 12.1. The minimum absolute atomic E-state index is 0.281. The van der Waals surface area contributed by atoms with Gasteiger partial charge >= 0.3 is 15.6 Å². The molecule has 1 unspecified atom stereocenters. The van der Waals surface area contributed by atoms with E-state index in [1.165, 1.54) is 9.14 Å². The molecule has 4 N–H and O–H groups in total. The Hall–Kier alpha value is -0.510. The molecule has 0 spiro atoms. The van der Waals surface area contributed by atoms with Crippen LogP contribution in [0.3, 0.4) is 0 Å². The van der Waals surface area contributed by atoms with Crippen LogP contribution in [0.15, 0.2) is 47.6 Å². The van der Waals surface area contributed by atoms with Crippen molar-refractivity contribution < 1.29 is 32.6 Å². The van der Waals surface area contributed by atoms with E-state index >= 15 is 0 Å². The highest BCUT2D eigenvalue weighted by molar-refractivity contribution is 14.1. The van der Waals surface area contributed by atoms with E-state index < -0.39 is 15.6 Å². The van der Waals surface area contributed by atoms with E-state index in [0.29, 0.717) is 0 Å². The standard InChI is InChI=1S/C16H24INO7P2/c1-13(10-11-24-27(22,23)25-26(19,20)21)4-3-5-14(2)12-18-16-8-6-15(17)7-9-16/h5-10,18H,3-4,11-12H2,1-2H3,(H,22,23)(H2,19,20,21)/b13-10+,14-5+. The number of anilines is 1. The maximum Gasteiger partial charge on any atom is 0.481 e. The average Bonchev–Trinajstić information content (AvgIpc) is 2.52. The fourth-order valence-electron chi connectivity index (χ4n) is 1.96. The number of hydrogen-bond acceptors (Lipinski definition) is 5. The number of allylic oxidation sites excluding steroid dienone is 2.